The van der Waals surface area contributed by atoms with Crippen LogP contribution in [0.15, 0.2) is 12.2 Å². The molecular formula is C30H50O2. The maximum absolute atomic E-state index is 10.9. The molecule has 0 radical (unpaired) electrons. The van der Waals surface area contributed by atoms with Crippen LogP contribution in [0.5, 0.6) is 0 Å². The predicted molar refractivity (Wildman–Crippen MR) is 132 cm³/mol. The van der Waals surface area contributed by atoms with Crippen LogP contribution in [0, 0.1) is 56.7 Å². The molecule has 5 fully saturated rings. The lowest BCUT2D eigenvalue weighted by Crippen LogP contribution is -2.66. The SMILES string of the molecule is C=C(CO)[C@@H]1CC[C@]2(C)[C@H]3CC[C@@H]4[C@@]5(C)CC[C@H](O)C(C)(C)[C@H]5CC[C@@]4(C)[C@]3(C)CC[C@@H]12. The first-order valence-electron chi connectivity index (χ1n) is 13.8. The van der Waals surface area contributed by atoms with Crippen molar-refractivity contribution in [3.05, 3.63) is 12.2 Å². The van der Waals surface area contributed by atoms with Gasteiger partial charge in [-0.2, -0.15) is 0 Å². The number of fused-ring (bicyclic) bond motifs is 7. The van der Waals surface area contributed by atoms with Crippen molar-refractivity contribution in [3.8, 4) is 0 Å². The van der Waals surface area contributed by atoms with E-state index in [9.17, 15) is 10.2 Å². The maximum atomic E-state index is 10.9. The maximum Gasteiger partial charge on any atom is 0.0641 e. The van der Waals surface area contributed by atoms with Crippen molar-refractivity contribution in [1.82, 2.24) is 0 Å². The van der Waals surface area contributed by atoms with Crippen LogP contribution in [0.4, 0.5) is 0 Å². The molecule has 0 spiro atoms. The highest BCUT2D eigenvalue weighted by Crippen LogP contribution is 2.77. The van der Waals surface area contributed by atoms with Gasteiger partial charge in [-0.1, -0.05) is 48.1 Å². The zero-order valence-electron chi connectivity index (χ0n) is 21.8. The molecule has 5 rings (SSSR count). The molecule has 10 atom stereocenters. The summed E-state index contributed by atoms with van der Waals surface area (Å²) in [6.07, 6.45) is 12.7. The van der Waals surface area contributed by atoms with E-state index in [1.165, 1.54) is 57.8 Å². The lowest BCUT2D eigenvalue weighted by molar-refractivity contribution is -0.251. The van der Waals surface area contributed by atoms with E-state index in [1.807, 2.05) is 0 Å². The molecule has 2 N–H and O–H groups in total. The third-order valence-corrected chi connectivity index (χ3v) is 13.7. The highest BCUT2D eigenvalue weighted by Gasteiger charge is 2.70. The highest BCUT2D eigenvalue weighted by molar-refractivity contribution is 5.21. The second-order valence-corrected chi connectivity index (χ2v) is 14.6. The average molecular weight is 443 g/mol. The van der Waals surface area contributed by atoms with Gasteiger partial charge in [0.05, 0.1) is 12.7 Å². The molecule has 2 nitrogen and oxygen atoms in total. The first-order valence-corrected chi connectivity index (χ1v) is 13.8. The summed E-state index contributed by atoms with van der Waals surface area (Å²) < 4.78 is 0. The van der Waals surface area contributed by atoms with Gasteiger partial charge in [-0.15, -0.1) is 0 Å². The molecule has 0 aromatic rings. The first kappa shape index (κ1) is 23.4. The summed E-state index contributed by atoms with van der Waals surface area (Å²) in [6.45, 7) is 19.8. The van der Waals surface area contributed by atoms with Crippen LogP contribution in [0.2, 0.25) is 0 Å². The Morgan fingerprint density at radius 2 is 1.28 bits per heavy atom. The molecule has 0 aliphatic heterocycles. The van der Waals surface area contributed by atoms with Crippen molar-refractivity contribution in [1.29, 1.82) is 0 Å². The van der Waals surface area contributed by atoms with Crippen molar-refractivity contribution in [2.45, 2.75) is 112 Å². The molecule has 0 heterocycles. The molecule has 0 saturated heterocycles. The van der Waals surface area contributed by atoms with Gasteiger partial charge in [-0.05, 0) is 126 Å². The van der Waals surface area contributed by atoms with Crippen molar-refractivity contribution >= 4 is 0 Å². The van der Waals surface area contributed by atoms with E-state index in [1.54, 1.807) is 0 Å². The summed E-state index contributed by atoms with van der Waals surface area (Å²) in [5.41, 5.74) is 2.72. The van der Waals surface area contributed by atoms with Crippen LogP contribution >= 0.6 is 0 Å². The van der Waals surface area contributed by atoms with Gasteiger partial charge in [0, 0.05) is 0 Å². The predicted octanol–water partition coefficient (Wildman–Crippen LogP) is 7.00. The van der Waals surface area contributed by atoms with Crippen LogP contribution in [-0.2, 0) is 0 Å². The Labute approximate surface area is 197 Å². The molecule has 0 amide bonds. The lowest BCUT2D eigenvalue weighted by atomic mass is 9.32. The Hall–Kier alpha value is -0.340. The third-order valence-electron chi connectivity index (χ3n) is 13.7. The smallest absolute Gasteiger partial charge is 0.0641 e. The fraction of sp³-hybridized carbons (Fsp3) is 0.933. The van der Waals surface area contributed by atoms with Gasteiger partial charge in [-0.25, -0.2) is 0 Å². The molecule has 5 aliphatic carbocycles. The number of hydrogen-bond donors (Lipinski definition) is 2. The molecule has 32 heavy (non-hydrogen) atoms. The van der Waals surface area contributed by atoms with Crippen molar-refractivity contribution in [3.63, 3.8) is 0 Å². The number of aliphatic hydroxyl groups is 2. The normalized spacial score (nSPS) is 56.5. The van der Waals surface area contributed by atoms with E-state index < -0.39 is 0 Å². The van der Waals surface area contributed by atoms with Crippen molar-refractivity contribution in [2.24, 2.45) is 56.7 Å². The Kier molecular flexibility index (Phi) is 5.19. The molecule has 5 aliphatic rings. The summed E-state index contributed by atoms with van der Waals surface area (Å²) >= 11 is 0. The molecule has 0 bridgehead atoms. The monoisotopic (exact) mass is 442 g/mol. The van der Waals surface area contributed by atoms with Gasteiger partial charge < -0.3 is 10.2 Å². The molecule has 182 valence electrons. The first-order chi connectivity index (χ1) is 14.9. The molecule has 0 aromatic heterocycles. The topological polar surface area (TPSA) is 40.5 Å². The minimum absolute atomic E-state index is 0.0407. The summed E-state index contributed by atoms with van der Waals surface area (Å²) in [4.78, 5) is 0. The van der Waals surface area contributed by atoms with Gasteiger partial charge in [0.25, 0.3) is 0 Å². The van der Waals surface area contributed by atoms with Gasteiger partial charge >= 0.3 is 0 Å². The van der Waals surface area contributed by atoms with E-state index in [0.717, 1.165) is 29.7 Å². The second-order valence-electron chi connectivity index (χ2n) is 14.6. The Bertz CT molecular complexity index is 786. The molecule has 0 unspecified atom stereocenters. The quantitative estimate of drug-likeness (QED) is 0.452. The third kappa shape index (κ3) is 2.66. The Morgan fingerprint density at radius 1 is 0.719 bits per heavy atom. The molecule has 5 saturated carbocycles. The Morgan fingerprint density at radius 3 is 1.91 bits per heavy atom. The summed E-state index contributed by atoms with van der Waals surface area (Å²) in [5, 5.41) is 20.7. The largest absolute Gasteiger partial charge is 0.393 e. The van der Waals surface area contributed by atoms with E-state index in [4.69, 9.17) is 0 Å². The van der Waals surface area contributed by atoms with Crippen LogP contribution in [0.3, 0.4) is 0 Å². The zero-order valence-corrected chi connectivity index (χ0v) is 21.8. The standard InChI is InChI=1S/C30H50O2/c1-19(18-31)20-10-14-27(4)21(20)11-16-29(6)23(27)8-9-24-28(5)15-13-25(32)26(2,3)22(28)12-17-30(24,29)7/h20-25,31-32H,1,8-18H2,2-7H3/t20-,21-,22+,23+,24+,25-,27-,28-,29+,30+/m0/s1. The van der Waals surface area contributed by atoms with E-state index >= 15 is 0 Å². The second kappa shape index (κ2) is 7.09. The van der Waals surface area contributed by atoms with Crippen LogP contribution in [-0.4, -0.2) is 22.9 Å². The van der Waals surface area contributed by atoms with Crippen LogP contribution in [0.25, 0.3) is 0 Å². The van der Waals surface area contributed by atoms with Gasteiger partial charge in [0.1, 0.15) is 0 Å². The van der Waals surface area contributed by atoms with E-state index in [-0.39, 0.29) is 18.1 Å². The molecule has 2 heteroatoms. The van der Waals surface area contributed by atoms with E-state index in [2.05, 4.69) is 48.1 Å². The fourth-order valence-electron chi connectivity index (χ4n) is 11.8. The molecule has 0 aromatic carbocycles. The highest BCUT2D eigenvalue weighted by atomic mass is 16.3. The van der Waals surface area contributed by atoms with Gasteiger partial charge in [-0.3, -0.25) is 0 Å². The van der Waals surface area contributed by atoms with Crippen LogP contribution in [0.1, 0.15) is 106 Å². The minimum atomic E-state index is -0.138. The minimum Gasteiger partial charge on any atom is -0.393 e. The zero-order chi connectivity index (χ0) is 23.3. The number of aliphatic hydroxyl groups excluding tert-OH is 2. The lowest BCUT2D eigenvalue weighted by Gasteiger charge is -2.73. The summed E-state index contributed by atoms with van der Waals surface area (Å²) in [7, 11) is 0. The van der Waals surface area contributed by atoms with Crippen LogP contribution < -0.4 is 0 Å². The average Bonchev–Trinajstić information content (AvgIpc) is 3.08. The number of rotatable bonds is 2. The van der Waals surface area contributed by atoms with Crippen molar-refractivity contribution < 1.29 is 10.2 Å². The number of hydrogen-bond acceptors (Lipinski definition) is 2. The van der Waals surface area contributed by atoms with Gasteiger partial charge in [0.15, 0.2) is 0 Å². The fourth-order valence-corrected chi connectivity index (χ4v) is 11.8. The molecular weight excluding hydrogens is 392 g/mol. The van der Waals surface area contributed by atoms with E-state index in [0.29, 0.717) is 33.5 Å². The van der Waals surface area contributed by atoms with Crippen molar-refractivity contribution in [2.75, 3.05) is 6.61 Å². The van der Waals surface area contributed by atoms with Gasteiger partial charge in [0.2, 0.25) is 0 Å². The Balaban J connectivity index is 1.50. The summed E-state index contributed by atoms with van der Waals surface area (Å²) in [6, 6.07) is 0. The summed E-state index contributed by atoms with van der Waals surface area (Å²) in [5.74, 6) is 3.48.